The number of ether oxygens (including phenoxy) is 1. The fraction of sp³-hybridized carbons (Fsp3) is 0.250. The molecule has 1 aliphatic heterocycles. The van der Waals surface area contributed by atoms with Crippen LogP contribution < -0.4 is 10.2 Å². The second-order valence-electron chi connectivity index (χ2n) is 6.35. The Morgan fingerprint density at radius 3 is 2.59 bits per heavy atom. The van der Waals surface area contributed by atoms with Gasteiger partial charge >= 0.3 is 5.97 Å². The average molecular weight is 370 g/mol. The van der Waals surface area contributed by atoms with Crippen LogP contribution in [0.15, 0.2) is 48.5 Å². The first kappa shape index (κ1) is 18.6. The van der Waals surface area contributed by atoms with Crippen molar-refractivity contribution in [2.24, 2.45) is 5.92 Å². The normalized spacial score (nSPS) is 16.3. The summed E-state index contributed by atoms with van der Waals surface area (Å²) in [6.45, 7) is 1.65. The molecule has 7 heteroatoms. The molecule has 0 bridgehead atoms. The first-order chi connectivity index (χ1) is 12.9. The summed E-state index contributed by atoms with van der Waals surface area (Å²) in [4.78, 5) is 37.9. The predicted octanol–water partition coefficient (Wildman–Crippen LogP) is 2.67. The zero-order valence-corrected chi connectivity index (χ0v) is 14.8. The Morgan fingerprint density at radius 1 is 1.19 bits per heavy atom. The number of carbonyl (C=O) groups excluding carboxylic acids is 3. The van der Waals surface area contributed by atoms with E-state index in [2.05, 4.69) is 5.32 Å². The number of halogens is 1. The number of nitrogens with one attached hydrogen (secondary N) is 1. The van der Waals surface area contributed by atoms with Crippen LogP contribution in [0.3, 0.4) is 0 Å². The number of para-hydroxylation sites is 1. The Morgan fingerprint density at radius 2 is 1.89 bits per heavy atom. The standard InChI is InChI=1S/C20H19FN2O4/c1-13-4-2-3-5-17(13)23-11-14(10-19(23)25)20(26)27-12-18(24)22-16-8-6-15(21)7-9-16/h2-9,14H,10-12H2,1H3,(H,22,24)/t14-/m0/s1. The Kier molecular flexibility index (Phi) is 5.49. The van der Waals surface area contributed by atoms with Crippen molar-refractivity contribution in [2.45, 2.75) is 13.3 Å². The molecule has 1 atom stereocenters. The van der Waals surface area contributed by atoms with E-state index in [0.717, 1.165) is 11.3 Å². The molecule has 2 aromatic rings. The number of hydrogen-bond acceptors (Lipinski definition) is 4. The van der Waals surface area contributed by atoms with Crippen LogP contribution in [0.4, 0.5) is 15.8 Å². The van der Waals surface area contributed by atoms with E-state index in [1.54, 1.807) is 4.90 Å². The lowest BCUT2D eigenvalue weighted by Crippen LogP contribution is -2.28. The van der Waals surface area contributed by atoms with Crippen LogP contribution in [0.1, 0.15) is 12.0 Å². The second kappa shape index (κ2) is 7.99. The molecule has 1 heterocycles. The highest BCUT2D eigenvalue weighted by atomic mass is 19.1. The molecule has 2 aromatic carbocycles. The van der Waals surface area contributed by atoms with Crippen molar-refractivity contribution in [1.29, 1.82) is 0 Å². The first-order valence-corrected chi connectivity index (χ1v) is 8.52. The third kappa shape index (κ3) is 4.49. The SMILES string of the molecule is Cc1ccccc1N1C[C@@H](C(=O)OCC(=O)Nc2ccc(F)cc2)CC1=O. The van der Waals surface area contributed by atoms with Crippen LogP contribution >= 0.6 is 0 Å². The van der Waals surface area contributed by atoms with E-state index in [4.69, 9.17) is 4.74 Å². The number of rotatable bonds is 5. The van der Waals surface area contributed by atoms with Gasteiger partial charge in [-0.2, -0.15) is 0 Å². The molecule has 0 aliphatic carbocycles. The van der Waals surface area contributed by atoms with Crippen molar-refractivity contribution in [3.63, 3.8) is 0 Å². The molecule has 2 amide bonds. The Hall–Kier alpha value is -3.22. The second-order valence-corrected chi connectivity index (χ2v) is 6.35. The molecular formula is C20H19FN2O4. The fourth-order valence-corrected chi connectivity index (χ4v) is 2.95. The van der Waals surface area contributed by atoms with Crippen molar-refractivity contribution in [2.75, 3.05) is 23.4 Å². The smallest absolute Gasteiger partial charge is 0.311 e. The van der Waals surface area contributed by atoms with Crippen molar-refractivity contribution in [1.82, 2.24) is 0 Å². The van der Waals surface area contributed by atoms with Gasteiger partial charge in [0.25, 0.3) is 5.91 Å². The van der Waals surface area contributed by atoms with Crippen LogP contribution in [0, 0.1) is 18.7 Å². The lowest BCUT2D eigenvalue weighted by atomic mass is 10.1. The molecule has 1 N–H and O–H groups in total. The zero-order valence-electron chi connectivity index (χ0n) is 14.8. The quantitative estimate of drug-likeness (QED) is 0.821. The Bertz CT molecular complexity index is 867. The molecule has 0 unspecified atom stereocenters. The minimum atomic E-state index is -0.615. The van der Waals surface area contributed by atoms with Gasteiger partial charge in [-0.25, -0.2) is 4.39 Å². The number of nitrogens with zero attached hydrogens (tertiary/aromatic N) is 1. The highest BCUT2D eigenvalue weighted by Gasteiger charge is 2.36. The number of carbonyl (C=O) groups is 3. The van der Waals surface area contributed by atoms with Gasteiger partial charge in [0.1, 0.15) is 5.82 Å². The van der Waals surface area contributed by atoms with Crippen LogP contribution in [-0.2, 0) is 19.1 Å². The average Bonchev–Trinajstić information content (AvgIpc) is 3.04. The van der Waals surface area contributed by atoms with Gasteiger partial charge in [-0.1, -0.05) is 18.2 Å². The van der Waals surface area contributed by atoms with E-state index in [1.165, 1.54) is 24.3 Å². The van der Waals surface area contributed by atoms with Gasteiger partial charge in [-0.3, -0.25) is 14.4 Å². The minimum absolute atomic E-state index is 0.0484. The van der Waals surface area contributed by atoms with Crippen molar-refractivity contribution in [3.8, 4) is 0 Å². The van der Waals surface area contributed by atoms with Gasteiger partial charge in [-0.05, 0) is 42.8 Å². The van der Waals surface area contributed by atoms with E-state index in [9.17, 15) is 18.8 Å². The molecule has 3 rings (SSSR count). The fourth-order valence-electron chi connectivity index (χ4n) is 2.95. The number of esters is 1. The molecule has 0 radical (unpaired) electrons. The van der Waals surface area contributed by atoms with Crippen LogP contribution in [0.2, 0.25) is 0 Å². The van der Waals surface area contributed by atoms with Gasteiger partial charge in [0.2, 0.25) is 5.91 Å². The summed E-state index contributed by atoms with van der Waals surface area (Å²) < 4.78 is 17.9. The number of anilines is 2. The maximum atomic E-state index is 12.8. The third-order valence-corrected chi connectivity index (χ3v) is 4.34. The van der Waals surface area contributed by atoms with Crippen LogP contribution in [0.5, 0.6) is 0 Å². The van der Waals surface area contributed by atoms with Crippen LogP contribution in [0.25, 0.3) is 0 Å². The Labute approximate surface area is 155 Å². The molecule has 1 saturated heterocycles. The monoisotopic (exact) mass is 370 g/mol. The maximum Gasteiger partial charge on any atom is 0.311 e. The van der Waals surface area contributed by atoms with Gasteiger partial charge in [0.15, 0.2) is 6.61 Å². The summed E-state index contributed by atoms with van der Waals surface area (Å²) >= 11 is 0. The van der Waals surface area contributed by atoms with Gasteiger partial charge in [0.05, 0.1) is 5.92 Å². The molecule has 6 nitrogen and oxygen atoms in total. The molecule has 1 fully saturated rings. The van der Waals surface area contributed by atoms with Gasteiger partial charge < -0.3 is 15.0 Å². The van der Waals surface area contributed by atoms with Crippen molar-refractivity contribution in [3.05, 3.63) is 59.9 Å². The van der Waals surface area contributed by atoms with Gasteiger partial charge in [-0.15, -0.1) is 0 Å². The van der Waals surface area contributed by atoms with E-state index in [0.29, 0.717) is 5.69 Å². The topological polar surface area (TPSA) is 75.7 Å². The minimum Gasteiger partial charge on any atom is -0.455 e. The zero-order chi connectivity index (χ0) is 19.4. The molecule has 0 aromatic heterocycles. The number of aryl methyl sites for hydroxylation is 1. The summed E-state index contributed by atoms with van der Waals surface area (Å²) in [6.07, 6.45) is 0.0484. The van der Waals surface area contributed by atoms with Crippen molar-refractivity contribution < 1.29 is 23.5 Å². The predicted molar refractivity (Wildman–Crippen MR) is 97.6 cm³/mol. The van der Waals surface area contributed by atoms with Crippen molar-refractivity contribution >= 4 is 29.2 Å². The number of benzene rings is 2. The third-order valence-electron chi connectivity index (χ3n) is 4.34. The largest absolute Gasteiger partial charge is 0.455 e. The van der Waals surface area contributed by atoms with E-state index >= 15 is 0 Å². The molecule has 140 valence electrons. The highest BCUT2D eigenvalue weighted by Crippen LogP contribution is 2.28. The lowest BCUT2D eigenvalue weighted by molar-refractivity contribution is -0.151. The molecule has 1 aliphatic rings. The maximum absolute atomic E-state index is 12.8. The molecule has 0 saturated carbocycles. The highest BCUT2D eigenvalue weighted by molar-refractivity contribution is 6.00. The van der Waals surface area contributed by atoms with E-state index in [1.807, 2.05) is 31.2 Å². The molecular weight excluding hydrogens is 351 g/mol. The summed E-state index contributed by atoms with van der Waals surface area (Å²) in [5.74, 6) is -2.30. The van der Waals surface area contributed by atoms with E-state index < -0.39 is 30.2 Å². The first-order valence-electron chi connectivity index (χ1n) is 8.52. The Balaban J connectivity index is 1.53. The lowest BCUT2D eigenvalue weighted by Gasteiger charge is -2.18. The summed E-state index contributed by atoms with van der Waals surface area (Å²) in [5, 5.41) is 2.51. The number of hydrogen-bond donors (Lipinski definition) is 1. The summed E-state index contributed by atoms with van der Waals surface area (Å²) in [7, 11) is 0. The summed E-state index contributed by atoms with van der Waals surface area (Å²) in [5.41, 5.74) is 2.12. The summed E-state index contributed by atoms with van der Waals surface area (Å²) in [6, 6.07) is 12.7. The van der Waals surface area contributed by atoms with Gasteiger partial charge in [0, 0.05) is 24.3 Å². The molecule has 0 spiro atoms. The van der Waals surface area contributed by atoms with Crippen LogP contribution in [-0.4, -0.2) is 30.9 Å². The molecule has 27 heavy (non-hydrogen) atoms. The number of amides is 2. The van der Waals surface area contributed by atoms with E-state index in [-0.39, 0.29) is 18.9 Å².